The summed E-state index contributed by atoms with van der Waals surface area (Å²) in [5, 5.41) is 1.14. The normalized spacial score (nSPS) is 12.6. The summed E-state index contributed by atoms with van der Waals surface area (Å²) in [5.41, 5.74) is 4.69. The third-order valence-electron chi connectivity index (χ3n) is 2.58. The fourth-order valence-corrected chi connectivity index (χ4v) is 1.72. The Morgan fingerprint density at radius 2 is 2.12 bits per heavy atom. The molecule has 3 N–H and O–H groups in total. The number of para-hydroxylation sites is 1. The number of nitrogens with two attached hydrogens (primary N) is 1. The van der Waals surface area contributed by atoms with E-state index in [0.717, 1.165) is 23.0 Å². The Labute approximate surface area is 95.0 Å². The van der Waals surface area contributed by atoms with Gasteiger partial charge in [-0.05, 0) is 18.6 Å². The van der Waals surface area contributed by atoms with Gasteiger partial charge in [0.15, 0.2) is 0 Å². The second kappa shape index (κ2) is 4.88. The lowest BCUT2D eigenvalue weighted by atomic mass is 10.1. The number of aromatic nitrogens is 1. The van der Waals surface area contributed by atoms with Gasteiger partial charge in [0.2, 0.25) is 0 Å². The van der Waals surface area contributed by atoms with Crippen LogP contribution in [-0.4, -0.2) is 4.98 Å². The van der Waals surface area contributed by atoms with E-state index in [1.165, 1.54) is 0 Å². The molecule has 0 saturated heterocycles. The molecule has 1 atom stereocenters. The summed E-state index contributed by atoms with van der Waals surface area (Å²) in [7, 11) is 0. The van der Waals surface area contributed by atoms with E-state index in [9.17, 15) is 0 Å². The highest BCUT2D eigenvalue weighted by atomic mass is 15.2. The largest absolute Gasteiger partial charge is 0.271 e. The van der Waals surface area contributed by atoms with Crippen LogP contribution in [0.15, 0.2) is 49.1 Å². The van der Waals surface area contributed by atoms with Crippen LogP contribution in [0.1, 0.15) is 18.2 Å². The van der Waals surface area contributed by atoms with E-state index < -0.39 is 0 Å². The van der Waals surface area contributed by atoms with E-state index >= 15 is 0 Å². The third-order valence-corrected chi connectivity index (χ3v) is 2.58. The third kappa shape index (κ3) is 2.10. The molecule has 0 fully saturated rings. The minimum atomic E-state index is 0.0297. The van der Waals surface area contributed by atoms with Crippen LogP contribution in [0.2, 0.25) is 0 Å². The van der Waals surface area contributed by atoms with E-state index in [2.05, 4.69) is 23.1 Å². The van der Waals surface area contributed by atoms with E-state index in [4.69, 9.17) is 5.84 Å². The number of rotatable bonds is 4. The predicted octanol–water partition coefficient (Wildman–Crippen LogP) is 2.32. The number of pyridine rings is 1. The van der Waals surface area contributed by atoms with Crippen LogP contribution in [0.4, 0.5) is 0 Å². The SMILES string of the molecule is C=CCC(NN)c1ccc2ccccc2n1. The Morgan fingerprint density at radius 3 is 2.88 bits per heavy atom. The summed E-state index contributed by atoms with van der Waals surface area (Å²) in [6.45, 7) is 3.71. The summed E-state index contributed by atoms with van der Waals surface area (Å²) >= 11 is 0. The molecule has 0 spiro atoms. The predicted molar refractivity (Wildman–Crippen MR) is 66.6 cm³/mol. The first-order chi connectivity index (χ1) is 7.85. The van der Waals surface area contributed by atoms with Gasteiger partial charge in [0, 0.05) is 5.39 Å². The summed E-state index contributed by atoms with van der Waals surface area (Å²) < 4.78 is 0. The highest BCUT2D eigenvalue weighted by molar-refractivity contribution is 5.78. The minimum Gasteiger partial charge on any atom is -0.271 e. The van der Waals surface area contributed by atoms with Crippen LogP contribution in [-0.2, 0) is 0 Å². The molecule has 1 aromatic heterocycles. The highest BCUT2D eigenvalue weighted by Crippen LogP contribution is 2.18. The second-order valence-corrected chi connectivity index (χ2v) is 3.67. The molecule has 16 heavy (non-hydrogen) atoms. The average molecular weight is 213 g/mol. The van der Waals surface area contributed by atoms with Gasteiger partial charge in [-0.15, -0.1) is 6.58 Å². The lowest BCUT2D eigenvalue weighted by molar-refractivity contribution is 0.549. The van der Waals surface area contributed by atoms with Crippen molar-refractivity contribution in [3.63, 3.8) is 0 Å². The molecule has 0 bridgehead atoms. The van der Waals surface area contributed by atoms with Gasteiger partial charge in [0.25, 0.3) is 0 Å². The van der Waals surface area contributed by atoms with Crippen molar-refractivity contribution in [1.29, 1.82) is 0 Å². The summed E-state index contributed by atoms with van der Waals surface area (Å²) in [6, 6.07) is 12.1. The van der Waals surface area contributed by atoms with E-state index in [0.29, 0.717) is 0 Å². The smallest absolute Gasteiger partial charge is 0.0706 e. The Bertz CT molecular complexity index is 493. The topological polar surface area (TPSA) is 50.9 Å². The molecular weight excluding hydrogens is 198 g/mol. The van der Waals surface area contributed by atoms with Crippen LogP contribution in [0.25, 0.3) is 10.9 Å². The van der Waals surface area contributed by atoms with Gasteiger partial charge < -0.3 is 0 Å². The zero-order valence-electron chi connectivity index (χ0n) is 9.06. The molecule has 2 aromatic rings. The van der Waals surface area contributed by atoms with Gasteiger partial charge in [-0.3, -0.25) is 16.3 Å². The second-order valence-electron chi connectivity index (χ2n) is 3.67. The molecule has 82 valence electrons. The number of nitrogens with zero attached hydrogens (tertiary/aromatic N) is 1. The van der Waals surface area contributed by atoms with Crippen molar-refractivity contribution >= 4 is 10.9 Å². The first-order valence-electron chi connectivity index (χ1n) is 5.28. The number of nitrogens with one attached hydrogen (secondary N) is 1. The molecule has 0 aliphatic carbocycles. The fraction of sp³-hybridized carbons (Fsp3) is 0.154. The summed E-state index contributed by atoms with van der Waals surface area (Å²) in [4.78, 5) is 4.57. The van der Waals surface area contributed by atoms with Crippen LogP contribution in [0, 0.1) is 0 Å². The molecule has 1 aromatic carbocycles. The lowest BCUT2D eigenvalue weighted by Crippen LogP contribution is -2.28. The molecule has 3 nitrogen and oxygen atoms in total. The van der Waals surface area contributed by atoms with E-state index in [-0.39, 0.29) is 6.04 Å². The molecular formula is C13H15N3. The highest BCUT2D eigenvalue weighted by Gasteiger charge is 2.09. The van der Waals surface area contributed by atoms with Crippen LogP contribution in [0.5, 0.6) is 0 Å². The van der Waals surface area contributed by atoms with Crippen LogP contribution < -0.4 is 11.3 Å². The molecule has 3 heteroatoms. The van der Waals surface area contributed by atoms with Crippen molar-refractivity contribution in [2.24, 2.45) is 5.84 Å². The number of hydrazine groups is 1. The van der Waals surface area contributed by atoms with Crippen molar-refractivity contribution < 1.29 is 0 Å². The zero-order valence-corrected chi connectivity index (χ0v) is 9.06. The zero-order chi connectivity index (χ0) is 11.4. The molecule has 2 rings (SSSR count). The van der Waals surface area contributed by atoms with Gasteiger partial charge >= 0.3 is 0 Å². The van der Waals surface area contributed by atoms with Crippen molar-refractivity contribution in [3.05, 3.63) is 54.7 Å². The maximum absolute atomic E-state index is 5.50. The maximum atomic E-state index is 5.50. The average Bonchev–Trinajstić information content (AvgIpc) is 2.35. The minimum absolute atomic E-state index is 0.0297. The summed E-state index contributed by atoms with van der Waals surface area (Å²) in [6.07, 6.45) is 2.60. The number of fused-ring (bicyclic) bond motifs is 1. The Kier molecular flexibility index (Phi) is 3.29. The van der Waals surface area contributed by atoms with Gasteiger partial charge in [-0.25, -0.2) is 0 Å². The molecule has 0 amide bonds. The standard InChI is InChI=1S/C13H15N3/c1-2-5-13(16-14)12-9-8-10-6-3-4-7-11(10)15-12/h2-4,6-9,13,16H,1,5,14H2. The van der Waals surface area contributed by atoms with Crippen molar-refractivity contribution in [1.82, 2.24) is 10.4 Å². The van der Waals surface area contributed by atoms with Crippen molar-refractivity contribution in [2.45, 2.75) is 12.5 Å². The first-order valence-corrected chi connectivity index (χ1v) is 5.28. The quantitative estimate of drug-likeness (QED) is 0.465. The molecule has 1 unspecified atom stereocenters. The molecule has 0 aliphatic rings. The van der Waals surface area contributed by atoms with Crippen LogP contribution in [0.3, 0.4) is 0 Å². The van der Waals surface area contributed by atoms with Crippen molar-refractivity contribution in [2.75, 3.05) is 0 Å². The van der Waals surface area contributed by atoms with Gasteiger partial charge in [-0.1, -0.05) is 30.3 Å². The number of hydrogen-bond donors (Lipinski definition) is 2. The Morgan fingerprint density at radius 1 is 1.31 bits per heavy atom. The van der Waals surface area contributed by atoms with Gasteiger partial charge in [-0.2, -0.15) is 0 Å². The molecule has 1 heterocycles. The van der Waals surface area contributed by atoms with Gasteiger partial charge in [0.05, 0.1) is 17.3 Å². The van der Waals surface area contributed by atoms with Gasteiger partial charge in [0.1, 0.15) is 0 Å². The monoisotopic (exact) mass is 213 g/mol. The maximum Gasteiger partial charge on any atom is 0.0706 e. The number of benzene rings is 1. The number of hydrogen-bond acceptors (Lipinski definition) is 3. The Hall–Kier alpha value is -1.71. The van der Waals surface area contributed by atoms with Crippen LogP contribution >= 0.6 is 0 Å². The molecule has 0 radical (unpaired) electrons. The first kappa shape index (κ1) is 10.8. The van der Waals surface area contributed by atoms with E-state index in [1.807, 2.05) is 36.4 Å². The van der Waals surface area contributed by atoms with Crippen molar-refractivity contribution in [3.8, 4) is 0 Å². The molecule has 0 aliphatic heterocycles. The Balaban J connectivity index is 2.41. The summed E-state index contributed by atoms with van der Waals surface area (Å²) in [5.74, 6) is 5.50. The molecule has 0 saturated carbocycles. The fourth-order valence-electron chi connectivity index (χ4n) is 1.72. The lowest BCUT2D eigenvalue weighted by Gasteiger charge is -2.13. The van der Waals surface area contributed by atoms with E-state index in [1.54, 1.807) is 0 Å².